The Morgan fingerprint density at radius 1 is 1.33 bits per heavy atom. The lowest BCUT2D eigenvalue weighted by Crippen LogP contribution is -2.46. The fraction of sp³-hybridized carbons (Fsp3) is 0.444. The molecule has 128 valence electrons. The summed E-state index contributed by atoms with van der Waals surface area (Å²) in [6, 6.07) is 10.3. The molecule has 1 aromatic carbocycles. The highest BCUT2D eigenvalue weighted by molar-refractivity contribution is 7.09. The van der Waals surface area contributed by atoms with Crippen LogP contribution in [0.1, 0.15) is 28.0 Å². The molecule has 0 spiro atoms. The molecule has 6 heteroatoms. The van der Waals surface area contributed by atoms with E-state index in [1.54, 1.807) is 0 Å². The molecule has 1 aliphatic rings. The predicted molar refractivity (Wildman–Crippen MR) is 95.5 cm³/mol. The molecule has 0 unspecified atom stereocenters. The molecule has 1 aromatic heterocycles. The molecule has 1 N–H and O–H groups in total. The molecule has 0 radical (unpaired) electrons. The molecular formula is C18H23N3O2S. The molecule has 1 amide bonds. The van der Waals surface area contributed by atoms with Crippen molar-refractivity contribution in [3.63, 3.8) is 0 Å². The number of hydrogen-bond acceptors (Lipinski definition) is 5. The molecule has 2 heterocycles. The fourth-order valence-electron chi connectivity index (χ4n) is 2.78. The number of carbonyl (C=O) groups excluding carboxylic acids is 1. The molecule has 2 aromatic rings. The number of amides is 1. The van der Waals surface area contributed by atoms with Gasteiger partial charge in [0.1, 0.15) is 5.69 Å². The minimum absolute atomic E-state index is 0.0914. The van der Waals surface area contributed by atoms with Crippen LogP contribution in [-0.2, 0) is 11.2 Å². The monoisotopic (exact) mass is 345 g/mol. The minimum Gasteiger partial charge on any atom is -0.379 e. The van der Waals surface area contributed by atoms with Crippen LogP contribution >= 0.6 is 11.3 Å². The van der Waals surface area contributed by atoms with Crippen LogP contribution in [-0.4, -0.2) is 54.7 Å². The molecule has 1 atom stereocenters. The number of morpholine rings is 1. The van der Waals surface area contributed by atoms with Gasteiger partial charge in [-0.3, -0.25) is 9.69 Å². The van der Waals surface area contributed by atoms with Crippen molar-refractivity contribution in [2.24, 2.45) is 0 Å². The van der Waals surface area contributed by atoms with E-state index >= 15 is 0 Å². The van der Waals surface area contributed by atoms with E-state index in [1.165, 1.54) is 16.9 Å². The van der Waals surface area contributed by atoms with Crippen molar-refractivity contribution >= 4 is 17.2 Å². The van der Waals surface area contributed by atoms with E-state index in [4.69, 9.17) is 4.74 Å². The third-order valence-electron chi connectivity index (χ3n) is 4.00. The van der Waals surface area contributed by atoms with Crippen molar-refractivity contribution in [2.75, 3.05) is 32.8 Å². The molecule has 0 bridgehead atoms. The van der Waals surface area contributed by atoms with Crippen LogP contribution in [0.5, 0.6) is 0 Å². The number of aromatic nitrogens is 1. The first-order chi connectivity index (χ1) is 11.7. The average Bonchev–Trinajstić information content (AvgIpc) is 3.05. The Morgan fingerprint density at radius 3 is 2.83 bits per heavy atom. The smallest absolute Gasteiger partial charge is 0.271 e. The maximum atomic E-state index is 12.4. The second-order valence-electron chi connectivity index (χ2n) is 6.08. The van der Waals surface area contributed by atoms with Gasteiger partial charge in [-0.1, -0.05) is 30.3 Å². The molecular weight excluding hydrogens is 322 g/mol. The number of nitrogens with zero attached hydrogens (tertiary/aromatic N) is 2. The van der Waals surface area contributed by atoms with Gasteiger partial charge in [-0.15, -0.1) is 11.3 Å². The first-order valence-electron chi connectivity index (χ1n) is 8.30. The Hall–Kier alpha value is -1.76. The largest absolute Gasteiger partial charge is 0.379 e. The molecule has 1 fully saturated rings. The Morgan fingerprint density at radius 2 is 2.08 bits per heavy atom. The maximum Gasteiger partial charge on any atom is 0.271 e. The molecule has 24 heavy (non-hydrogen) atoms. The van der Waals surface area contributed by atoms with Gasteiger partial charge in [0.15, 0.2) is 0 Å². The van der Waals surface area contributed by atoms with Crippen LogP contribution in [0.15, 0.2) is 35.7 Å². The number of hydrogen-bond donors (Lipinski definition) is 1. The van der Waals surface area contributed by atoms with Gasteiger partial charge in [-0.2, -0.15) is 0 Å². The summed E-state index contributed by atoms with van der Waals surface area (Å²) in [5.41, 5.74) is 1.72. The summed E-state index contributed by atoms with van der Waals surface area (Å²) in [4.78, 5) is 19.1. The van der Waals surface area contributed by atoms with Crippen molar-refractivity contribution in [3.05, 3.63) is 52.0 Å². The van der Waals surface area contributed by atoms with Crippen LogP contribution in [0.4, 0.5) is 0 Å². The number of nitrogens with one attached hydrogen (secondary N) is 1. The summed E-state index contributed by atoms with van der Waals surface area (Å²) in [5.74, 6) is -0.0914. The van der Waals surface area contributed by atoms with Crippen LogP contribution in [0.2, 0.25) is 0 Å². The van der Waals surface area contributed by atoms with E-state index in [2.05, 4.69) is 27.3 Å². The second kappa shape index (κ2) is 8.37. The summed E-state index contributed by atoms with van der Waals surface area (Å²) in [5, 5.41) is 5.85. The zero-order valence-corrected chi connectivity index (χ0v) is 14.7. The molecule has 0 saturated carbocycles. The topological polar surface area (TPSA) is 54.5 Å². The standard InChI is InChI=1S/C18H23N3O2S/c1-14(12-21-7-9-23-10-8-21)19-18(22)16-13-24-17(20-16)11-15-5-3-2-4-6-15/h2-6,13-14H,7-12H2,1H3,(H,19,22)/t14-/m0/s1. The van der Waals surface area contributed by atoms with Gasteiger partial charge in [0.05, 0.1) is 18.2 Å². The normalized spacial score (nSPS) is 16.7. The van der Waals surface area contributed by atoms with Gasteiger partial charge < -0.3 is 10.1 Å². The SMILES string of the molecule is C[C@@H](CN1CCOCC1)NC(=O)c1csc(Cc2ccccc2)n1. The van der Waals surface area contributed by atoms with Gasteiger partial charge in [-0.05, 0) is 12.5 Å². The van der Waals surface area contributed by atoms with E-state index in [-0.39, 0.29) is 11.9 Å². The summed E-state index contributed by atoms with van der Waals surface area (Å²) in [6.07, 6.45) is 0.766. The average molecular weight is 345 g/mol. The highest BCUT2D eigenvalue weighted by Gasteiger charge is 2.17. The van der Waals surface area contributed by atoms with Crippen LogP contribution in [0.3, 0.4) is 0 Å². The fourth-order valence-corrected chi connectivity index (χ4v) is 3.59. The Kier molecular flexibility index (Phi) is 5.96. The van der Waals surface area contributed by atoms with Crippen LogP contribution < -0.4 is 5.32 Å². The number of carbonyl (C=O) groups is 1. The number of ether oxygens (including phenoxy) is 1. The lowest BCUT2D eigenvalue weighted by atomic mass is 10.2. The number of thiazole rings is 1. The molecule has 1 aliphatic heterocycles. The van der Waals surface area contributed by atoms with Gasteiger partial charge in [0.2, 0.25) is 0 Å². The lowest BCUT2D eigenvalue weighted by Gasteiger charge is -2.29. The summed E-state index contributed by atoms with van der Waals surface area (Å²) in [7, 11) is 0. The quantitative estimate of drug-likeness (QED) is 0.872. The zero-order chi connectivity index (χ0) is 16.8. The van der Waals surface area contributed by atoms with Crippen molar-refractivity contribution < 1.29 is 9.53 Å². The minimum atomic E-state index is -0.0914. The number of benzene rings is 1. The second-order valence-corrected chi connectivity index (χ2v) is 7.02. The Balaban J connectivity index is 1.51. The molecule has 1 saturated heterocycles. The van der Waals surface area contributed by atoms with E-state index in [0.717, 1.165) is 44.3 Å². The predicted octanol–water partition coefficient (Wildman–Crippen LogP) is 2.18. The maximum absolute atomic E-state index is 12.4. The summed E-state index contributed by atoms with van der Waals surface area (Å²) in [6.45, 7) is 6.28. The first kappa shape index (κ1) is 17.1. The number of rotatable bonds is 6. The van der Waals surface area contributed by atoms with Gasteiger partial charge in [0, 0.05) is 37.5 Å². The van der Waals surface area contributed by atoms with Crippen LogP contribution in [0, 0.1) is 0 Å². The van der Waals surface area contributed by atoms with E-state index < -0.39 is 0 Å². The summed E-state index contributed by atoms with van der Waals surface area (Å²) < 4.78 is 5.35. The van der Waals surface area contributed by atoms with Crippen molar-refractivity contribution in [1.29, 1.82) is 0 Å². The van der Waals surface area contributed by atoms with Crippen molar-refractivity contribution in [1.82, 2.24) is 15.2 Å². The van der Waals surface area contributed by atoms with E-state index in [0.29, 0.717) is 5.69 Å². The zero-order valence-electron chi connectivity index (χ0n) is 13.9. The Bertz CT molecular complexity index is 653. The third-order valence-corrected chi connectivity index (χ3v) is 4.84. The highest BCUT2D eigenvalue weighted by atomic mass is 32.1. The van der Waals surface area contributed by atoms with Crippen LogP contribution in [0.25, 0.3) is 0 Å². The first-order valence-corrected chi connectivity index (χ1v) is 9.18. The summed E-state index contributed by atoms with van der Waals surface area (Å²) >= 11 is 1.54. The van der Waals surface area contributed by atoms with Crippen molar-refractivity contribution in [2.45, 2.75) is 19.4 Å². The molecule has 5 nitrogen and oxygen atoms in total. The van der Waals surface area contributed by atoms with Crippen molar-refractivity contribution in [3.8, 4) is 0 Å². The lowest BCUT2D eigenvalue weighted by molar-refractivity contribution is 0.0342. The van der Waals surface area contributed by atoms with Gasteiger partial charge >= 0.3 is 0 Å². The molecule has 3 rings (SSSR count). The van der Waals surface area contributed by atoms with Gasteiger partial charge in [0.25, 0.3) is 5.91 Å². The highest BCUT2D eigenvalue weighted by Crippen LogP contribution is 2.15. The molecule has 0 aliphatic carbocycles. The van der Waals surface area contributed by atoms with E-state index in [9.17, 15) is 4.79 Å². The Labute approximate surface area is 146 Å². The van der Waals surface area contributed by atoms with E-state index in [1.807, 2.05) is 30.5 Å². The third kappa shape index (κ3) is 4.87. The van der Waals surface area contributed by atoms with Gasteiger partial charge in [-0.25, -0.2) is 4.98 Å².